The van der Waals surface area contributed by atoms with Crippen LogP contribution in [0.5, 0.6) is 0 Å². The van der Waals surface area contributed by atoms with E-state index in [2.05, 4.69) is 38.7 Å². The second-order valence-corrected chi connectivity index (χ2v) is 6.00. The van der Waals surface area contributed by atoms with Gasteiger partial charge in [-0.05, 0) is 18.4 Å². The largest absolute Gasteiger partial charge is 0 e. The topological polar surface area (TPSA) is 123 Å². The van der Waals surface area contributed by atoms with Crippen molar-refractivity contribution < 1.29 is 50.5 Å². The molecule has 3 atom stereocenters. The fourth-order valence-electron chi connectivity index (χ4n) is 2.24. The number of rotatable bonds is 12. The number of unbranched alkanes of at least 4 members (excludes halogenated alkanes) is 3. The zero-order valence-corrected chi connectivity index (χ0v) is 19.5. The molecule has 0 amide bonds. The number of hydrogen-bond donors (Lipinski definition) is 1. The van der Waals surface area contributed by atoms with E-state index in [1.807, 2.05) is 30.3 Å². The average molecular weight is 494 g/mol. The monoisotopic (exact) mass is 494 g/mol. The summed E-state index contributed by atoms with van der Waals surface area (Å²) in [5.74, 6) is 4.80. The van der Waals surface area contributed by atoms with Crippen LogP contribution in [-0.4, -0.2) is 23.5 Å². The molecule has 0 aliphatic rings. The minimum atomic E-state index is -0.988. The molecule has 1 N–H and O–H groups in total. The van der Waals surface area contributed by atoms with Crippen LogP contribution in [0.15, 0.2) is 30.3 Å². The number of ketones is 1. The summed E-state index contributed by atoms with van der Waals surface area (Å²) in [6.45, 7) is 18.7. The molecule has 0 aliphatic carbocycles. The number of benzene rings is 1. The first kappa shape index (κ1) is 37.9. The maximum absolute atomic E-state index is 12.1. The predicted octanol–water partition coefficient (Wildman–Crippen LogP) is 3.46. The molecule has 1 aromatic carbocycles. The van der Waals surface area contributed by atoms with Gasteiger partial charge in [-0.2, -0.15) is 0 Å². The molecule has 8 heteroatoms. The van der Waals surface area contributed by atoms with Gasteiger partial charge in [0.15, 0.2) is 0 Å². The molecule has 0 unspecified atom stereocenters. The van der Waals surface area contributed by atoms with E-state index in [1.165, 1.54) is 19.3 Å². The van der Waals surface area contributed by atoms with Crippen molar-refractivity contribution >= 4 is 12.3 Å². The van der Waals surface area contributed by atoms with Crippen LogP contribution >= 0.6 is 0 Å². The van der Waals surface area contributed by atoms with E-state index in [0.717, 1.165) is 31.2 Å². The number of aliphatic hydroxyl groups is 1. The third-order valence-corrected chi connectivity index (χ3v) is 3.93. The molecular formula is C25H26FeO7-. The average Bonchev–Trinajstić information content (AvgIpc) is 2.86. The van der Waals surface area contributed by atoms with Gasteiger partial charge in [0.25, 0.3) is 0 Å². The molecule has 0 bridgehead atoms. The fourth-order valence-corrected chi connectivity index (χ4v) is 2.24. The van der Waals surface area contributed by atoms with Gasteiger partial charge in [-0.25, -0.2) is 0 Å². The van der Waals surface area contributed by atoms with Crippen molar-refractivity contribution in [3.8, 4) is 11.8 Å². The molecule has 1 aromatic rings. The van der Waals surface area contributed by atoms with Crippen LogP contribution in [0, 0.1) is 57.0 Å². The van der Waals surface area contributed by atoms with Gasteiger partial charge >= 0.3 is 33.9 Å². The van der Waals surface area contributed by atoms with E-state index in [-0.39, 0.29) is 22.9 Å². The van der Waals surface area contributed by atoms with Gasteiger partial charge in [0.05, 0.1) is 12.0 Å². The molecular weight excluding hydrogens is 468 g/mol. The first-order chi connectivity index (χ1) is 15.6. The molecule has 3 radical (unpaired) electrons. The van der Waals surface area contributed by atoms with Crippen LogP contribution in [0.25, 0.3) is 0 Å². The molecule has 1 rings (SSSR count). The third kappa shape index (κ3) is 20.0. The van der Waals surface area contributed by atoms with Crippen molar-refractivity contribution in [1.82, 2.24) is 0 Å². The summed E-state index contributed by atoms with van der Waals surface area (Å²) in [6.07, 6.45) is 6.83. The summed E-state index contributed by atoms with van der Waals surface area (Å²) >= 11 is 0. The maximum Gasteiger partial charge on any atom is 0 e. The number of aliphatic hydroxyl groups excluding tert-OH is 1. The van der Waals surface area contributed by atoms with Crippen molar-refractivity contribution in [2.45, 2.75) is 51.7 Å². The fraction of sp³-hybridized carbons (Fsp3) is 0.360. The Morgan fingerprint density at radius 3 is 2.24 bits per heavy atom. The minimum Gasteiger partial charge on any atom is 0 e. The van der Waals surface area contributed by atoms with Crippen LogP contribution in [0.2, 0.25) is 0 Å². The van der Waals surface area contributed by atoms with E-state index in [4.69, 9.17) is 18.7 Å². The van der Waals surface area contributed by atoms with Crippen LogP contribution in [0.4, 0.5) is 0 Å². The van der Waals surface area contributed by atoms with E-state index in [0.29, 0.717) is 0 Å². The van der Waals surface area contributed by atoms with Crippen molar-refractivity contribution in [3.05, 3.63) is 75.1 Å². The Hall–Kier alpha value is -2.38. The van der Waals surface area contributed by atoms with E-state index >= 15 is 0 Å². The molecule has 7 nitrogen and oxygen atoms in total. The first-order valence-electron chi connectivity index (χ1n) is 9.51. The van der Waals surface area contributed by atoms with Crippen LogP contribution < -0.4 is 0 Å². The second kappa shape index (κ2) is 29.6. The van der Waals surface area contributed by atoms with Crippen LogP contribution in [0.1, 0.15) is 51.2 Å². The SMILES string of the molecule is CCCCCC#C[C@H](O)[C@H](C)C(=O)[CH][CH][CH][C@H](O[C-]=O)c1ccccc1.[C-]#[O+].[C-]#[O+].[C-]#[O+].[Fe]. The number of carbonyl (C=O) groups excluding carboxylic acids is 2. The second-order valence-electron chi connectivity index (χ2n) is 6.00. The molecule has 0 saturated heterocycles. The zero-order valence-electron chi connectivity index (χ0n) is 18.4. The quantitative estimate of drug-likeness (QED) is 0.157. The summed E-state index contributed by atoms with van der Waals surface area (Å²) in [7, 11) is 0. The molecule has 33 heavy (non-hydrogen) atoms. The van der Waals surface area contributed by atoms with Crippen molar-refractivity contribution in [2.75, 3.05) is 0 Å². The Morgan fingerprint density at radius 1 is 1.15 bits per heavy atom. The van der Waals surface area contributed by atoms with Gasteiger partial charge in [0, 0.05) is 36.3 Å². The first-order valence-corrected chi connectivity index (χ1v) is 9.51. The minimum absolute atomic E-state index is 0. The normalized spacial score (nSPS) is 11.1. The summed E-state index contributed by atoms with van der Waals surface area (Å²) in [5, 5.41) is 10.0. The summed E-state index contributed by atoms with van der Waals surface area (Å²) < 4.78 is 27.4. The summed E-state index contributed by atoms with van der Waals surface area (Å²) in [5.41, 5.74) is 0.777. The Morgan fingerprint density at radius 2 is 1.73 bits per heavy atom. The summed E-state index contributed by atoms with van der Waals surface area (Å²) in [4.78, 5) is 22.7. The number of ether oxygens (including phenoxy) is 1. The molecule has 0 saturated carbocycles. The molecule has 0 fully saturated rings. The van der Waals surface area contributed by atoms with Crippen molar-refractivity contribution in [3.63, 3.8) is 0 Å². The van der Waals surface area contributed by atoms with E-state index in [9.17, 15) is 14.7 Å². The van der Waals surface area contributed by atoms with Gasteiger partial charge in [-0.1, -0.05) is 69.4 Å². The van der Waals surface area contributed by atoms with Crippen LogP contribution in [-0.2, 0) is 45.4 Å². The smallest absolute Gasteiger partial charge is 0 e. The molecule has 0 heterocycles. The van der Waals surface area contributed by atoms with E-state index < -0.39 is 18.1 Å². The van der Waals surface area contributed by atoms with Crippen molar-refractivity contribution in [2.24, 2.45) is 5.92 Å². The summed E-state index contributed by atoms with van der Waals surface area (Å²) in [6, 6.07) is 9.15. The Bertz CT molecular complexity index is 703. The maximum atomic E-state index is 12.1. The van der Waals surface area contributed by atoms with Crippen molar-refractivity contribution in [1.29, 1.82) is 0 Å². The number of hydrogen-bond acceptors (Lipinski definition) is 4. The number of carbonyl (C=O) groups is 1. The molecule has 0 spiro atoms. The van der Waals surface area contributed by atoms with E-state index in [1.54, 1.807) is 13.3 Å². The van der Waals surface area contributed by atoms with Gasteiger partial charge in [-0.15, -0.1) is 5.92 Å². The predicted molar refractivity (Wildman–Crippen MR) is 113 cm³/mol. The number of Topliss-reactive ketones (excluding diaryl/α,β-unsaturated/α-hetero) is 1. The third-order valence-electron chi connectivity index (χ3n) is 3.93. The molecule has 0 aliphatic heterocycles. The van der Waals surface area contributed by atoms with Gasteiger partial charge < -0.3 is 14.6 Å². The Labute approximate surface area is 207 Å². The molecule has 0 aromatic heterocycles. The van der Waals surface area contributed by atoms with Gasteiger partial charge in [0.2, 0.25) is 0 Å². The molecule has 177 valence electrons. The Kier molecular flexibility index (Phi) is 34.0. The van der Waals surface area contributed by atoms with Gasteiger partial charge in [0.1, 0.15) is 11.9 Å². The zero-order chi connectivity index (χ0) is 25.2. The standard InChI is InChI=1S/C22H26O4.3CO.Fe/c1-3-4-5-6-10-14-20(24)18(2)21(25)15-11-16-22(26-17-23)19-12-8-7-9-13-19;3*1-2;/h7-9,11-13,15-16,18,20,22,24H,3-6H2,1-2H3;;;;/q-1;;;;/t18-,20-,22-;;;;/m0..../s1. The van der Waals surface area contributed by atoms with Gasteiger partial charge in [-0.3, -0.25) is 4.79 Å². The Balaban J connectivity index is -0.000000553. The van der Waals surface area contributed by atoms with Crippen LogP contribution in [0.3, 0.4) is 0 Å².